The van der Waals surface area contributed by atoms with Crippen molar-refractivity contribution >= 4 is 23.8 Å². The zero-order chi connectivity index (χ0) is 11.1. The van der Waals surface area contributed by atoms with Crippen molar-refractivity contribution < 1.29 is 14.7 Å². The molecule has 14 heavy (non-hydrogen) atoms. The van der Waals surface area contributed by atoms with Gasteiger partial charge in [0.15, 0.2) is 0 Å². The predicted octanol–water partition coefficient (Wildman–Crippen LogP) is 0.464. The minimum absolute atomic E-state index is 0.353. The highest BCUT2D eigenvalue weighted by molar-refractivity contribution is 7.98. The molecule has 0 aliphatic heterocycles. The van der Waals surface area contributed by atoms with Gasteiger partial charge < -0.3 is 15.3 Å². The number of carbonyl (C=O) groups is 2. The summed E-state index contributed by atoms with van der Waals surface area (Å²) in [5.74, 6) is -0.192. The fraction of sp³-hybridized carbons (Fsp3) is 0.750. The van der Waals surface area contributed by atoms with E-state index in [1.165, 1.54) is 11.8 Å². The van der Waals surface area contributed by atoms with Crippen LogP contribution in [0.5, 0.6) is 0 Å². The molecule has 0 rings (SSSR count). The monoisotopic (exact) mass is 220 g/mol. The Morgan fingerprint density at radius 3 is 2.57 bits per heavy atom. The molecule has 0 aliphatic carbocycles. The Balaban J connectivity index is 3.88. The van der Waals surface area contributed by atoms with Crippen molar-refractivity contribution in [3.63, 3.8) is 0 Å². The second kappa shape index (κ2) is 6.53. The van der Waals surface area contributed by atoms with E-state index in [2.05, 4.69) is 5.32 Å². The van der Waals surface area contributed by atoms with Crippen molar-refractivity contribution in [2.75, 3.05) is 25.6 Å². The summed E-state index contributed by atoms with van der Waals surface area (Å²) in [5.41, 5.74) is 0. The van der Waals surface area contributed by atoms with Crippen molar-refractivity contribution in [2.24, 2.45) is 0 Å². The number of carboxylic acids is 1. The number of aliphatic carboxylic acids is 1. The summed E-state index contributed by atoms with van der Waals surface area (Å²) in [4.78, 5) is 23.2. The fourth-order valence-corrected chi connectivity index (χ4v) is 1.14. The van der Waals surface area contributed by atoms with Crippen molar-refractivity contribution in [2.45, 2.75) is 13.0 Å². The number of urea groups is 1. The number of rotatable bonds is 5. The van der Waals surface area contributed by atoms with Gasteiger partial charge in [-0.2, -0.15) is 11.8 Å². The Labute approximate surface area is 87.8 Å². The SMILES string of the molecule is CSCCN(C)C(=O)N[C@@H](C)C(=O)O. The zero-order valence-electron chi connectivity index (χ0n) is 8.61. The van der Waals surface area contributed by atoms with E-state index in [-0.39, 0.29) is 6.03 Å². The molecule has 0 aromatic carbocycles. The van der Waals surface area contributed by atoms with Crippen LogP contribution in [-0.4, -0.2) is 53.6 Å². The van der Waals surface area contributed by atoms with Crippen LogP contribution in [0.25, 0.3) is 0 Å². The molecule has 0 heterocycles. The van der Waals surface area contributed by atoms with E-state index in [9.17, 15) is 9.59 Å². The first-order valence-electron chi connectivity index (χ1n) is 4.22. The highest BCUT2D eigenvalue weighted by atomic mass is 32.2. The molecule has 0 aromatic rings. The summed E-state index contributed by atoms with van der Waals surface area (Å²) in [7, 11) is 1.64. The molecule has 5 nitrogen and oxygen atoms in total. The predicted molar refractivity (Wildman–Crippen MR) is 56.6 cm³/mol. The Morgan fingerprint density at radius 1 is 1.57 bits per heavy atom. The van der Waals surface area contributed by atoms with Crippen LogP contribution in [0.1, 0.15) is 6.92 Å². The topological polar surface area (TPSA) is 69.6 Å². The lowest BCUT2D eigenvalue weighted by atomic mass is 10.3. The van der Waals surface area contributed by atoms with E-state index in [4.69, 9.17) is 5.11 Å². The molecule has 0 bridgehead atoms. The maximum atomic E-state index is 11.3. The fourth-order valence-electron chi connectivity index (χ4n) is 0.687. The molecule has 6 heteroatoms. The van der Waals surface area contributed by atoms with Gasteiger partial charge >= 0.3 is 12.0 Å². The van der Waals surface area contributed by atoms with Crippen LogP contribution in [0.2, 0.25) is 0 Å². The molecule has 0 saturated heterocycles. The first-order valence-corrected chi connectivity index (χ1v) is 5.61. The number of amides is 2. The van der Waals surface area contributed by atoms with Gasteiger partial charge in [0.05, 0.1) is 0 Å². The maximum Gasteiger partial charge on any atom is 0.325 e. The van der Waals surface area contributed by atoms with Gasteiger partial charge in [0.1, 0.15) is 6.04 Å². The van der Waals surface area contributed by atoms with E-state index >= 15 is 0 Å². The van der Waals surface area contributed by atoms with Crippen LogP contribution >= 0.6 is 11.8 Å². The molecular formula is C8H16N2O3S. The van der Waals surface area contributed by atoms with E-state index in [1.54, 1.807) is 18.8 Å². The second-order valence-electron chi connectivity index (χ2n) is 2.92. The highest BCUT2D eigenvalue weighted by Crippen LogP contribution is 1.94. The van der Waals surface area contributed by atoms with Crippen LogP contribution < -0.4 is 5.32 Å². The molecule has 0 spiro atoms. The number of nitrogens with zero attached hydrogens (tertiary/aromatic N) is 1. The summed E-state index contributed by atoms with van der Waals surface area (Å²) in [5, 5.41) is 10.9. The average Bonchev–Trinajstić information content (AvgIpc) is 2.13. The second-order valence-corrected chi connectivity index (χ2v) is 3.91. The quantitative estimate of drug-likeness (QED) is 0.706. The number of hydrogen-bond acceptors (Lipinski definition) is 3. The van der Waals surface area contributed by atoms with Crippen LogP contribution in [0.15, 0.2) is 0 Å². The smallest absolute Gasteiger partial charge is 0.325 e. The molecule has 1 atom stereocenters. The summed E-state index contributed by atoms with van der Waals surface area (Å²) < 4.78 is 0. The van der Waals surface area contributed by atoms with Crippen molar-refractivity contribution in [3.05, 3.63) is 0 Å². The van der Waals surface area contributed by atoms with E-state index in [0.29, 0.717) is 6.54 Å². The van der Waals surface area contributed by atoms with Crippen molar-refractivity contribution in [3.8, 4) is 0 Å². The molecule has 2 amide bonds. The molecule has 82 valence electrons. The summed E-state index contributed by atoms with van der Waals surface area (Å²) in [6, 6.07) is -1.20. The molecule has 0 unspecified atom stereocenters. The first-order chi connectivity index (χ1) is 6.49. The van der Waals surface area contributed by atoms with Crippen molar-refractivity contribution in [1.29, 1.82) is 0 Å². The van der Waals surface area contributed by atoms with Gasteiger partial charge in [0.25, 0.3) is 0 Å². The van der Waals surface area contributed by atoms with E-state index in [1.807, 2.05) is 6.26 Å². The number of hydrogen-bond donors (Lipinski definition) is 2. The summed E-state index contributed by atoms with van der Waals surface area (Å²) in [6.45, 7) is 2.04. The van der Waals surface area contributed by atoms with Crippen LogP contribution in [-0.2, 0) is 4.79 Å². The van der Waals surface area contributed by atoms with Gasteiger partial charge in [0.2, 0.25) is 0 Å². The molecule has 2 N–H and O–H groups in total. The van der Waals surface area contributed by atoms with E-state index in [0.717, 1.165) is 5.75 Å². The van der Waals surface area contributed by atoms with Crippen LogP contribution in [0.4, 0.5) is 4.79 Å². The molecule has 0 fully saturated rings. The average molecular weight is 220 g/mol. The normalized spacial score (nSPS) is 11.9. The third kappa shape index (κ3) is 4.96. The Kier molecular flexibility index (Phi) is 6.11. The lowest BCUT2D eigenvalue weighted by molar-refractivity contribution is -0.138. The highest BCUT2D eigenvalue weighted by Gasteiger charge is 2.15. The van der Waals surface area contributed by atoms with Gasteiger partial charge in [-0.25, -0.2) is 4.79 Å². The third-order valence-electron chi connectivity index (χ3n) is 1.69. The molecule has 0 saturated carbocycles. The lowest BCUT2D eigenvalue weighted by Crippen LogP contribution is -2.45. The van der Waals surface area contributed by atoms with Crippen molar-refractivity contribution in [1.82, 2.24) is 10.2 Å². The lowest BCUT2D eigenvalue weighted by Gasteiger charge is -2.18. The third-order valence-corrected chi connectivity index (χ3v) is 2.28. The molecular weight excluding hydrogens is 204 g/mol. The van der Waals surface area contributed by atoms with Crippen LogP contribution in [0, 0.1) is 0 Å². The summed E-state index contributed by atoms with van der Waals surface area (Å²) in [6.07, 6.45) is 1.95. The number of carboxylic acid groups (broad SMARTS) is 1. The largest absolute Gasteiger partial charge is 0.480 e. The van der Waals surface area contributed by atoms with Gasteiger partial charge in [-0.1, -0.05) is 0 Å². The maximum absolute atomic E-state index is 11.3. The summed E-state index contributed by atoms with van der Waals surface area (Å²) >= 11 is 1.63. The van der Waals surface area contributed by atoms with Gasteiger partial charge in [-0.3, -0.25) is 4.79 Å². The number of thioether (sulfide) groups is 1. The number of carbonyl (C=O) groups excluding carboxylic acids is 1. The Morgan fingerprint density at radius 2 is 2.14 bits per heavy atom. The van der Waals surface area contributed by atoms with Crippen LogP contribution in [0.3, 0.4) is 0 Å². The van der Waals surface area contributed by atoms with Gasteiger partial charge in [-0.05, 0) is 13.2 Å². The van der Waals surface area contributed by atoms with E-state index < -0.39 is 12.0 Å². The Hall–Kier alpha value is -0.910. The minimum atomic E-state index is -1.03. The van der Waals surface area contributed by atoms with Gasteiger partial charge in [0, 0.05) is 19.3 Å². The molecule has 0 radical (unpaired) electrons. The Bertz CT molecular complexity index is 211. The van der Waals surface area contributed by atoms with Gasteiger partial charge in [-0.15, -0.1) is 0 Å². The minimum Gasteiger partial charge on any atom is -0.480 e. The molecule has 0 aromatic heterocycles. The zero-order valence-corrected chi connectivity index (χ0v) is 9.43. The standard InChI is InChI=1S/C8H16N2O3S/c1-6(7(11)12)9-8(13)10(2)4-5-14-3/h6H,4-5H2,1-3H3,(H,9,13)(H,11,12)/t6-/m0/s1. The number of nitrogens with one attached hydrogen (secondary N) is 1. The molecule has 0 aliphatic rings. The first kappa shape index (κ1) is 13.1.